The standard InChI is InChI=1S/C23H32F2N6O6S/c1-10-16-15(11(2)28-20(33)19(24)25)22(35)31(16)17(23(36)37)18(10)38-12-7-13(27-9-12)21(34)30-5-3-29(4-6-30)14(32)8-26/h10-13,15-16,19,27H,3-9,26H2,1-2H3,(H,28,33)(H,36,37)/t10-,11?,12+,13+,15-,16-/m1/s1. The van der Waals surface area contributed by atoms with Gasteiger partial charge in [-0.25, -0.2) is 4.79 Å². The second-order valence-electron chi connectivity index (χ2n) is 9.98. The van der Waals surface area contributed by atoms with Crippen LogP contribution >= 0.6 is 11.8 Å². The second-order valence-corrected chi connectivity index (χ2v) is 11.3. The van der Waals surface area contributed by atoms with Gasteiger partial charge in [0.15, 0.2) is 0 Å². The quantitative estimate of drug-likeness (QED) is 0.263. The van der Waals surface area contributed by atoms with Crippen LogP contribution < -0.4 is 16.4 Å². The van der Waals surface area contributed by atoms with Crippen molar-refractivity contribution < 1.29 is 37.9 Å². The molecule has 38 heavy (non-hydrogen) atoms. The van der Waals surface area contributed by atoms with Crippen LogP contribution in [0.3, 0.4) is 0 Å². The number of nitrogens with two attached hydrogens (primary N) is 1. The van der Waals surface area contributed by atoms with Crippen LogP contribution in [0.5, 0.6) is 0 Å². The molecular weight excluding hydrogens is 526 g/mol. The summed E-state index contributed by atoms with van der Waals surface area (Å²) in [5.74, 6) is -4.71. The number of rotatable bonds is 8. The van der Waals surface area contributed by atoms with E-state index in [1.807, 2.05) is 0 Å². The number of carbonyl (C=O) groups is 5. The number of nitrogens with one attached hydrogen (secondary N) is 2. The number of fused-ring (bicyclic) bond motifs is 1. The minimum absolute atomic E-state index is 0.0719. The van der Waals surface area contributed by atoms with E-state index in [9.17, 15) is 37.9 Å². The van der Waals surface area contributed by atoms with Gasteiger partial charge in [0, 0.05) is 54.8 Å². The molecule has 4 amide bonds. The number of hydrogen-bond donors (Lipinski definition) is 4. The summed E-state index contributed by atoms with van der Waals surface area (Å²) in [5.41, 5.74) is 5.28. The molecule has 0 saturated carbocycles. The first-order chi connectivity index (χ1) is 18.0. The molecule has 3 saturated heterocycles. The number of piperazine rings is 1. The molecule has 3 fully saturated rings. The Morgan fingerprint density at radius 3 is 2.39 bits per heavy atom. The third-order valence-corrected chi connectivity index (χ3v) is 9.21. The number of carbonyl (C=O) groups excluding carboxylic acids is 4. The van der Waals surface area contributed by atoms with Crippen LogP contribution in [0.4, 0.5) is 8.78 Å². The number of amides is 4. The molecule has 210 valence electrons. The van der Waals surface area contributed by atoms with Crippen LogP contribution in [0.15, 0.2) is 10.6 Å². The summed E-state index contributed by atoms with van der Waals surface area (Å²) in [4.78, 5) is 66.3. The van der Waals surface area contributed by atoms with E-state index in [1.165, 1.54) is 23.6 Å². The molecule has 1 unspecified atom stereocenters. The van der Waals surface area contributed by atoms with Crippen LogP contribution in [-0.4, -0.2) is 118 Å². The molecule has 0 aromatic rings. The van der Waals surface area contributed by atoms with E-state index in [0.717, 1.165) is 0 Å². The van der Waals surface area contributed by atoms with Crippen molar-refractivity contribution >= 4 is 41.4 Å². The van der Waals surface area contributed by atoms with Gasteiger partial charge in [-0.3, -0.25) is 19.2 Å². The molecule has 0 aromatic carbocycles. The zero-order valence-electron chi connectivity index (χ0n) is 21.1. The van der Waals surface area contributed by atoms with Crippen molar-refractivity contribution in [2.45, 2.75) is 50.1 Å². The van der Waals surface area contributed by atoms with E-state index in [-0.39, 0.29) is 35.2 Å². The SMILES string of the molecule is CC(NC(=O)C(F)F)[C@H]1C(=O)N2C(C(=O)O)=C(S[C@@H]3CN[C@H](C(=O)N4CCN(C(=O)CN)CC4)C3)[C@H](C)[C@H]12. The molecule has 0 radical (unpaired) electrons. The van der Waals surface area contributed by atoms with Crippen molar-refractivity contribution in [3.05, 3.63) is 10.6 Å². The molecule has 6 atom stereocenters. The van der Waals surface area contributed by atoms with E-state index in [2.05, 4.69) is 10.6 Å². The Morgan fingerprint density at radius 1 is 1.18 bits per heavy atom. The second kappa shape index (κ2) is 11.1. The van der Waals surface area contributed by atoms with Crippen molar-refractivity contribution in [1.82, 2.24) is 25.3 Å². The molecule has 0 aromatic heterocycles. The number of carboxylic acid groups (broad SMARTS) is 1. The van der Waals surface area contributed by atoms with E-state index >= 15 is 0 Å². The minimum atomic E-state index is -3.22. The molecule has 4 rings (SSSR count). The zero-order valence-corrected chi connectivity index (χ0v) is 21.9. The smallest absolute Gasteiger partial charge is 0.353 e. The van der Waals surface area contributed by atoms with Gasteiger partial charge in [0.05, 0.1) is 24.5 Å². The van der Waals surface area contributed by atoms with Gasteiger partial charge in [-0.2, -0.15) is 8.78 Å². The van der Waals surface area contributed by atoms with Gasteiger partial charge in [-0.1, -0.05) is 6.92 Å². The highest BCUT2D eigenvalue weighted by Crippen LogP contribution is 2.51. The number of β-lactam (4-membered cyclic amide) rings is 1. The molecule has 0 aliphatic carbocycles. The van der Waals surface area contributed by atoms with Gasteiger partial charge in [0.1, 0.15) is 5.70 Å². The first-order valence-corrected chi connectivity index (χ1v) is 13.4. The summed E-state index contributed by atoms with van der Waals surface area (Å²) >= 11 is 1.31. The summed E-state index contributed by atoms with van der Waals surface area (Å²) in [6.45, 7) is 5.28. The molecule has 0 bridgehead atoms. The lowest BCUT2D eigenvalue weighted by Crippen LogP contribution is -2.66. The van der Waals surface area contributed by atoms with Crippen molar-refractivity contribution in [2.75, 3.05) is 39.3 Å². The largest absolute Gasteiger partial charge is 0.477 e. The maximum atomic E-state index is 13.1. The average molecular weight is 559 g/mol. The molecule has 0 spiro atoms. The molecular formula is C23H32F2N6O6S. The first kappa shape index (κ1) is 28.2. The summed E-state index contributed by atoms with van der Waals surface area (Å²) in [6.07, 6.45) is -2.76. The number of halogens is 2. The number of carboxylic acids is 1. The summed E-state index contributed by atoms with van der Waals surface area (Å²) in [5, 5.41) is 15.1. The van der Waals surface area contributed by atoms with Gasteiger partial charge in [-0.05, 0) is 13.3 Å². The maximum absolute atomic E-state index is 13.1. The summed E-state index contributed by atoms with van der Waals surface area (Å²) < 4.78 is 25.4. The summed E-state index contributed by atoms with van der Waals surface area (Å²) in [7, 11) is 0. The topological polar surface area (TPSA) is 165 Å². The highest BCUT2D eigenvalue weighted by molar-refractivity contribution is 8.03. The fraction of sp³-hybridized carbons (Fsp3) is 0.696. The van der Waals surface area contributed by atoms with Crippen LogP contribution in [0.25, 0.3) is 0 Å². The van der Waals surface area contributed by atoms with E-state index in [4.69, 9.17) is 5.73 Å². The molecule has 15 heteroatoms. The van der Waals surface area contributed by atoms with Crippen molar-refractivity contribution in [3.63, 3.8) is 0 Å². The Bertz CT molecular complexity index is 1050. The Kier molecular flexibility index (Phi) is 8.28. The van der Waals surface area contributed by atoms with Crippen LogP contribution in [-0.2, 0) is 24.0 Å². The number of alkyl halides is 2. The predicted molar refractivity (Wildman–Crippen MR) is 132 cm³/mol. The highest BCUT2D eigenvalue weighted by atomic mass is 32.2. The lowest BCUT2D eigenvalue weighted by molar-refractivity contribution is -0.159. The number of thioether (sulfide) groups is 1. The molecule has 4 heterocycles. The third-order valence-electron chi connectivity index (χ3n) is 7.70. The first-order valence-electron chi connectivity index (χ1n) is 12.5. The predicted octanol–water partition coefficient (Wildman–Crippen LogP) is -1.38. The van der Waals surface area contributed by atoms with Gasteiger partial charge in [0.2, 0.25) is 17.7 Å². The fourth-order valence-electron chi connectivity index (χ4n) is 5.76. The molecule has 12 nitrogen and oxygen atoms in total. The van der Waals surface area contributed by atoms with Crippen LogP contribution in [0, 0.1) is 11.8 Å². The van der Waals surface area contributed by atoms with Gasteiger partial charge < -0.3 is 36.2 Å². The normalized spacial score (nSPS) is 29.9. The maximum Gasteiger partial charge on any atom is 0.353 e. The van der Waals surface area contributed by atoms with Crippen LogP contribution in [0.2, 0.25) is 0 Å². The molecule has 4 aliphatic heterocycles. The number of aliphatic carboxylic acids is 1. The highest BCUT2D eigenvalue weighted by Gasteiger charge is 2.60. The number of hydrogen-bond acceptors (Lipinski definition) is 8. The van der Waals surface area contributed by atoms with Crippen molar-refractivity contribution in [3.8, 4) is 0 Å². The fourth-order valence-corrected chi connectivity index (χ4v) is 7.24. The Morgan fingerprint density at radius 2 is 1.82 bits per heavy atom. The van der Waals surface area contributed by atoms with Gasteiger partial charge in [-0.15, -0.1) is 11.8 Å². The van der Waals surface area contributed by atoms with Gasteiger partial charge >= 0.3 is 12.4 Å². The Labute approximate surface area is 222 Å². The third kappa shape index (κ3) is 5.10. The van der Waals surface area contributed by atoms with Crippen molar-refractivity contribution in [1.29, 1.82) is 0 Å². The zero-order chi connectivity index (χ0) is 27.9. The van der Waals surface area contributed by atoms with Crippen LogP contribution in [0.1, 0.15) is 20.3 Å². The molecule has 5 N–H and O–H groups in total. The Hall–Kier alpha value is -2.78. The van der Waals surface area contributed by atoms with E-state index in [1.54, 1.807) is 16.7 Å². The van der Waals surface area contributed by atoms with E-state index < -0.39 is 48.3 Å². The average Bonchev–Trinajstić information content (AvgIpc) is 3.44. The molecule has 4 aliphatic rings. The lowest BCUT2D eigenvalue weighted by atomic mass is 9.78. The number of nitrogens with zero attached hydrogens (tertiary/aromatic N) is 3. The van der Waals surface area contributed by atoms with E-state index in [0.29, 0.717) is 44.0 Å². The monoisotopic (exact) mass is 558 g/mol. The minimum Gasteiger partial charge on any atom is -0.477 e. The van der Waals surface area contributed by atoms with Gasteiger partial charge in [0.25, 0.3) is 5.91 Å². The Balaban J connectivity index is 1.39. The summed E-state index contributed by atoms with van der Waals surface area (Å²) in [6, 6.07) is -1.91. The lowest BCUT2D eigenvalue weighted by Gasteiger charge is -2.47. The van der Waals surface area contributed by atoms with Crippen molar-refractivity contribution in [2.24, 2.45) is 17.6 Å².